The summed E-state index contributed by atoms with van der Waals surface area (Å²) in [4.78, 5) is 4.59. The molecule has 0 radical (unpaired) electrons. The van der Waals surface area contributed by atoms with Crippen molar-refractivity contribution in [3.63, 3.8) is 0 Å². The van der Waals surface area contributed by atoms with Crippen LogP contribution in [0, 0.1) is 13.8 Å². The molecular formula is C16H28N2. The first kappa shape index (κ1) is 15.2. The van der Waals surface area contributed by atoms with Crippen LogP contribution in [0.4, 0.5) is 0 Å². The topological polar surface area (TPSA) is 24.9 Å². The molecular weight excluding hydrogens is 220 g/mol. The van der Waals surface area contributed by atoms with Gasteiger partial charge >= 0.3 is 0 Å². The van der Waals surface area contributed by atoms with E-state index in [2.05, 4.69) is 50.1 Å². The first-order valence-electron chi connectivity index (χ1n) is 7.36. The molecule has 0 saturated carbocycles. The summed E-state index contributed by atoms with van der Waals surface area (Å²) >= 11 is 0. The van der Waals surface area contributed by atoms with Gasteiger partial charge < -0.3 is 5.32 Å². The molecule has 1 atom stereocenters. The highest BCUT2D eigenvalue weighted by Gasteiger charge is 2.13. The van der Waals surface area contributed by atoms with Gasteiger partial charge in [-0.15, -0.1) is 0 Å². The van der Waals surface area contributed by atoms with E-state index in [1.165, 1.54) is 43.4 Å². The number of aryl methyl sites for hydroxylation is 2. The molecule has 1 N–H and O–H groups in total. The molecule has 0 amide bonds. The Morgan fingerprint density at radius 2 is 1.89 bits per heavy atom. The molecule has 0 bridgehead atoms. The lowest BCUT2D eigenvalue weighted by Gasteiger charge is -2.20. The SMILES string of the molecule is CCCCCC(NCCC)c1ccc(C)nc1C. The molecule has 102 valence electrons. The Bertz CT molecular complexity index is 347. The maximum absolute atomic E-state index is 4.59. The maximum Gasteiger partial charge on any atom is 0.0423 e. The van der Waals surface area contributed by atoms with E-state index >= 15 is 0 Å². The zero-order valence-corrected chi connectivity index (χ0v) is 12.4. The monoisotopic (exact) mass is 248 g/mol. The van der Waals surface area contributed by atoms with Crippen molar-refractivity contribution in [2.24, 2.45) is 0 Å². The standard InChI is InChI=1S/C16H28N2/c1-5-7-8-9-16(17-12-6-2)15-11-10-13(3)18-14(15)4/h10-11,16-17H,5-9,12H2,1-4H3. The Morgan fingerprint density at radius 1 is 1.11 bits per heavy atom. The van der Waals surface area contributed by atoms with E-state index in [-0.39, 0.29) is 0 Å². The van der Waals surface area contributed by atoms with Crippen LogP contribution in [0.15, 0.2) is 12.1 Å². The minimum atomic E-state index is 0.476. The van der Waals surface area contributed by atoms with Crippen molar-refractivity contribution in [1.29, 1.82) is 0 Å². The molecule has 1 heterocycles. The van der Waals surface area contributed by atoms with E-state index < -0.39 is 0 Å². The van der Waals surface area contributed by atoms with Gasteiger partial charge in [0.25, 0.3) is 0 Å². The molecule has 0 aromatic carbocycles. The second-order valence-corrected chi connectivity index (χ2v) is 5.13. The first-order chi connectivity index (χ1) is 8.69. The summed E-state index contributed by atoms with van der Waals surface area (Å²) in [7, 11) is 0. The van der Waals surface area contributed by atoms with Crippen molar-refractivity contribution >= 4 is 0 Å². The van der Waals surface area contributed by atoms with Crippen LogP contribution in [0.1, 0.15) is 68.9 Å². The first-order valence-corrected chi connectivity index (χ1v) is 7.36. The van der Waals surface area contributed by atoms with Gasteiger partial charge in [-0.1, -0.05) is 39.2 Å². The van der Waals surface area contributed by atoms with Crippen molar-refractivity contribution in [2.75, 3.05) is 6.54 Å². The van der Waals surface area contributed by atoms with Gasteiger partial charge in [-0.3, -0.25) is 4.98 Å². The Labute approximate surface area is 112 Å². The Balaban J connectivity index is 2.73. The summed E-state index contributed by atoms with van der Waals surface area (Å²) in [6.07, 6.45) is 6.31. The molecule has 0 fully saturated rings. The van der Waals surface area contributed by atoms with Gasteiger partial charge in [0.15, 0.2) is 0 Å². The third kappa shape index (κ3) is 4.77. The predicted molar refractivity (Wildman–Crippen MR) is 78.9 cm³/mol. The summed E-state index contributed by atoms with van der Waals surface area (Å²) in [5.41, 5.74) is 3.67. The average molecular weight is 248 g/mol. The number of unbranched alkanes of at least 4 members (excludes halogenated alkanes) is 2. The van der Waals surface area contributed by atoms with E-state index in [1.807, 2.05) is 0 Å². The summed E-state index contributed by atoms with van der Waals surface area (Å²) in [6.45, 7) is 9.75. The highest BCUT2D eigenvalue weighted by molar-refractivity contribution is 5.25. The minimum absolute atomic E-state index is 0.476. The molecule has 0 aliphatic carbocycles. The lowest BCUT2D eigenvalue weighted by Crippen LogP contribution is -2.23. The van der Waals surface area contributed by atoms with Gasteiger partial charge in [-0.25, -0.2) is 0 Å². The second kappa shape index (κ2) is 8.25. The fourth-order valence-corrected chi connectivity index (χ4v) is 2.35. The molecule has 1 rings (SSSR count). The minimum Gasteiger partial charge on any atom is -0.310 e. The van der Waals surface area contributed by atoms with Crippen molar-refractivity contribution in [1.82, 2.24) is 10.3 Å². The molecule has 0 saturated heterocycles. The van der Waals surface area contributed by atoms with Crippen molar-refractivity contribution in [3.05, 3.63) is 29.1 Å². The van der Waals surface area contributed by atoms with Crippen molar-refractivity contribution in [2.45, 2.75) is 65.8 Å². The van der Waals surface area contributed by atoms with Gasteiger partial charge in [0.1, 0.15) is 0 Å². The number of nitrogens with zero attached hydrogens (tertiary/aromatic N) is 1. The molecule has 2 nitrogen and oxygen atoms in total. The van der Waals surface area contributed by atoms with Crippen LogP contribution in [-0.2, 0) is 0 Å². The van der Waals surface area contributed by atoms with Gasteiger partial charge in [-0.05, 0) is 44.9 Å². The molecule has 0 aliphatic heterocycles. The Kier molecular flexibility index (Phi) is 6.96. The van der Waals surface area contributed by atoms with E-state index in [4.69, 9.17) is 0 Å². The highest BCUT2D eigenvalue weighted by Crippen LogP contribution is 2.22. The third-order valence-electron chi connectivity index (χ3n) is 3.38. The van der Waals surface area contributed by atoms with Gasteiger partial charge in [-0.2, -0.15) is 0 Å². The van der Waals surface area contributed by atoms with Gasteiger partial charge in [0.2, 0.25) is 0 Å². The molecule has 18 heavy (non-hydrogen) atoms. The number of aromatic nitrogens is 1. The second-order valence-electron chi connectivity index (χ2n) is 5.13. The lowest BCUT2D eigenvalue weighted by molar-refractivity contribution is 0.471. The van der Waals surface area contributed by atoms with E-state index in [0.29, 0.717) is 6.04 Å². The molecule has 1 unspecified atom stereocenters. The molecule has 0 aliphatic rings. The fraction of sp³-hybridized carbons (Fsp3) is 0.688. The Morgan fingerprint density at radius 3 is 2.50 bits per heavy atom. The fourth-order valence-electron chi connectivity index (χ4n) is 2.35. The number of pyridine rings is 1. The van der Waals surface area contributed by atoms with Gasteiger partial charge in [0, 0.05) is 17.4 Å². The van der Waals surface area contributed by atoms with Crippen LogP contribution in [0.25, 0.3) is 0 Å². The van der Waals surface area contributed by atoms with Crippen molar-refractivity contribution in [3.8, 4) is 0 Å². The van der Waals surface area contributed by atoms with Crippen LogP contribution >= 0.6 is 0 Å². The van der Waals surface area contributed by atoms with Crippen LogP contribution in [-0.4, -0.2) is 11.5 Å². The quantitative estimate of drug-likeness (QED) is 0.693. The van der Waals surface area contributed by atoms with Gasteiger partial charge in [0.05, 0.1) is 0 Å². The number of nitrogens with one attached hydrogen (secondary N) is 1. The zero-order chi connectivity index (χ0) is 13.4. The molecule has 1 aromatic rings. The Hall–Kier alpha value is -0.890. The summed E-state index contributed by atoms with van der Waals surface area (Å²) in [5.74, 6) is 0. The zero-order valence-electron chi connectivity index (χ0n) is 12.4. The average Bonchev–Trinajstić information content (AvgIpc) is 2.34. The summed E-state index contributed by atoms with van der Waals surface area (Å²) in [5, 5.41) is 3.66. The van der Waals surface area contributed by atoms with Crippen LogP contribution in [0.3, 0.4) is 0 Å². The number of hydrogen-bond donors (Lipinski definition) is 1. The van der Waals surface area contributed by atoms with Crippen LogP contribution in [0.5, 0.6) is 0 Å². The summed E-state index contributed by atoms with van der Waals surface area (Å²) in [6, 6.07) is 4.85. The van der Waals surface area contributed by atoms with E-state index in [9.17, 15) is 0 Å². The van der Waals surface area contributed by atoms with Crippen LogP contribution in [0.2, 0.25) is 0 Å². The maximum atomic E-state index is 4.59. The molecule has 0 spiro atoms. The molecule has 1 aromatic heterocycles. The smallest absolute Gasteiger partial charge is 0.0423 e. The normalized spacial score (nSPS) is 12.7. The van der Waals surface area contributed by atoms with Crippen LogP contribution < -0.4 is 5.32 Å². The predicted octanol–water partition coefficient (Wildman–Crippen LogP) is 4.32. The van der Waals surface area contributed by atoms with E-state index in [0.717, 1.165) is 12.2 Å². The number of hydrogen-bond acceptors (Lipinski definition) is 2. The third-order valence-corrected chi connectivity index (χ3v) is 3.38. The molecule has 2 heteroatoms. The van der Waals surface area contributed by atoms with E-state index in [1.54, 1.807) is 0 Å². The summed E-state index contributed by atoms with van der Waals surface area (Å²) < 4.78 is 0. The number of rotatable bonds is 8. The largest absolute Gasteiger partial charge is 0.310 e. The van der Waals surface area contributed by atoms with Crippen molar-refractivity contribution < 1.29 is 0 Å². The highest BCUT2D eigenvalue weighted by atomic mass is 14.9. The lowest BCUT2D eigenvalue weighted by atomic mass is 9.99.